The third-order valence-corrected chi connectivity index (χ3v) is 5.66. The fourth-order valence-corrected chi connectivity index (χ4v) is 4.19. The summed E-state index contributed by atoms with van der Waals surface area (Å²) in [6.45, 7) is 5.01. The fourth-order valence-electron chi connectivity index (χ4n) is 4.19. The minimum atomic E-state index is -0.162. The number of aromatic nitrogens is 2. The predicted octanol–water partition coefficient (Wildman–Crippen LogP) is 2.61. The second-order valence-electron chi connectivity index (χ2n) is 7.50. The Labute approximate surface area is 158 Å². The molecular weight excluding hydrogens is 346 g/mol. The van der Waals surface area contributed by atoms with Crippen LogP contribution in [0.5, 0.6) is 0 Å². The van der Waals surface area contributed by atoms with Crippen LogP contribution in [0.2, 0.25) is 0 Å². The molecule has 4 rings (SSSR count). The van der Waals surface area contributed by atoms with E-state index in [9.17, 15) is 4.79 Å². The van der Waals surface area contributed by atoms with E-state index in [2.05, 4.69) is 10.1 Å². The maximum Gasteiger partial charge on any atom is 0.259 e. The van der Waals surface area contributed by atoms with Gasteiger partial charge in [0, 0.05) is 37.5 Å². The van der Waals surface area contributed by atoms with Crippen LogP contribution in [0.3, 0.4) is 0 Å². The molecule has 27 heavy (non-hydrogen) atoms. The van der Waals surface area contributed by atoms with E-state index >= 15 is 0 Å². The number of pyridine rings is 1. The van der Waals surface area contributed by atoms with Crippen LogP contribution in [0.4, 0.5) is 0 Å². The van der Waals surface area contributed by atoms with Gasteiger partial charge >= 0.3 is 0 Å². The van der Waals surface area contributed by atoms with Crippen molar-refractivity contribution in [2.75, 3.05) is 26.3 Å². The Morgan fingerprint density at radius 3 is 3.04 bits per heavy atom. The van der Waals surface area contributed by atoms with Gasteiger partial charge in [-0.25, -0.2) is 0 Å². The first-order valence-corrected chi connectivity index (χ1v) is 9.46. The number of nitrogens with zero attached hydrogens (tertiary/aromatic N) is 3. The normalized spacial score (nSPS) is 25.2. The lowest BCUT2D eigenvalue weighted by atomic mass is 9.73. The van der Waals surface area contributed by atoms with Gasteiger partial charge in [-0.3, -0.25) is 9.78 Å². The minimum absolute atomic E-state index is 0.0220. The topological polar surface area (TPSA) is 77.7 Å². The van der Waals surface area contributed by atoms with Crippen LogP contribution in [0.25, 0.3) is 0 Å². The van der Waals surface area contributed by atoms with E-state index in [-0.39, 0.29) is 17.4 Å². The number of fused-ring (bicyclic) bond motifs is 1. The number of piperidine rings is 1. The van der Waals surface area contributed by atoms with Gasteiger partial charge in [0.1, 0.15) is 11.8 Å². The number of amides is 1. The fraction of sp³-hybridized carbons (Fsp3) is 0.550. The van der Waals surface area contributed by atoms with Crippen molar-refractivity contribution in [2.24, 2.45) is 5.41 Å². The number of ether oxygens (including phenoxy) is 2. The Morgan fingerprint density at radius 2 is 2.26 bits per heavy atom. The van der Waals surface area contributed by atoms with E-state index in [1.807, 2.05) is 17.0 Å². The molecule has 0 bridgehead atoms. The second kappa shape index (κ2) is 7.78. The Morgan fingerprint density at radius 1 is 1.41 bits per heavy atom. The molecule has 7 nitrogen and oxygen atoms in total. The SMILES string of the molecule is Cc1nocc1C(=O)N1CC[C@@H]2OCCC[C@@]2(COCc2ccncc2)C1. The Bertz CT molecular complexity index is 779. The van der Waals surface area contributed by atoms with Crippen LogP contribution in [-0.4, -0.2) is 53.4 Å². The van der Waals surface area contributed by atoms with E-state index < -0.39 is 0 Å². The maximum absolute atomic E-state index is 12.9. The van der Waals surface area contributed by atoms with Crippen LogP contribution < -0.4 is 0 Å². The molecule has 144 valence electrons. The third-order valence-electron chi connectivity index (χ3n) is 5.66. The summed E-state index contributed by atoms with van der Waals surface area (Å²) in [5.41, 5.74) is 2.10. The summed E-state index contributed by atoms with van der Waals surface area (Å²) < 4.78 is 17.1. The van der Waals surface area contributed by atoms with Crippen molar-refractivity contribution in [3.63, 3.8) is 0 Å². The van der Waals surface area contributed by atoms with Crippen LogP contribution in [0.15, 0.2) is 35.3 Å². The number of hydrogen-bond acceptors (Lipinski definition) is 6. The number of hydrogen-bond donors (Lipinski definition) is 0. The third kappa shape index (κ3) is 3.75. The van der Waals surface area contributed by atoms with Crippen molar-refractivity contribution in [2.45, 2.75) is 38.9 Å². The summed E-state index contributed by atoms with van der Waals surface area (Å²) in [5.74, 6) is -0.0220. The van der Waals surface area contributed by atoms with Crippen molar-refractivity contribution in [1.82, 2.24) is 15.0 Å². The van der Waals surface area contributed by atoms with Gasteiger partial charge in [0.25, 0.3) is 5.91 Å². The highest BCUT2D eigenvalue weighted by atomic mass is 16.5. The molecule has 2 aromatic rings. The molecule has 4 heterocycles. The highest BCUT2D eigenvalue weighted by molar-refractivity contribution is 5.94. The molecular formula is C20H25N3O4. The van der Waals surface area contributed by atoms with E-state index in [0.717, 1.165) is 31.4 Å². The van der Waals surface area contributed by atoms with Gasteiger partial charge < -0.3 is 18.9 Å². The first-order valence-electron chi connectivity index (χ1n) is 9.46. The number of rotatable bonds is 5. The Kier molecular flexibility index (Phi) is 5.22. The highest BCUT2D eigenvalue weighted by Crippen LogP contribution is 2.41. The zero-order valence-electron chi connectivity index (χ0n) is 15.6. The van der Waals surface area contributed by atoms with Gasteiger partial charge in [0.05, 0.1) is 25.0 Å². The van der Waals surface area contributed by atoms with Crippen molar-refractivity contribution in [1.29, 1.82) is 0 Å². The van der Waals surface area contributed by atoms with Gasteiger partial charge in [0.2, 0.25) is 0 Å². The lowest BCUT2D eigenvalue weighted by Crippen LogP contribution is -2.58. The van der Waals surface area contributed by atoms with Crippen LogP contribution in [-0.2, 0) is 16.1 Å². The minimum Gasteiger partial charge on any atom is -0.377 e. The van der Waals surface area contributed by atoms with Gasteiger partial charge in [-0.2, -0.15) is 0 Å². The number of likely N-dealkylation sites (tertiary alicyclic amines) is 1. The molecule has 7 heteroatoms. The van der Waals surface area contributed by atoms with Crippen LogP contribution >= 0.6 is 0 Å². The first-order chi connectivity index (χ1) is 13.2. The number of carbonyl (C=O) groups excluding carboxylic acids is 1. The average Bonchev–Trinajstić information content (AvgIpc) is 3.13. The quantitative estimate of drug-likeness (QED) is 0.804. The molecule has 0 saturated carbocycles. The zero-order chi connectivity index (χ0) is 18.7. The van der Waals surface area contributed by atoms with E-state index in [1.165, 1.54) is 6.26 Å². The maximum atomic E-state index is 12.9. The Balaban J connectivity index is 1.46. The van der Waals surface area contributed by atoms with Crippen LogP contribution in [0.1, 0.15) is 40.9 Å². The van der Waals surface area contributed by atoms with Gasteiger partial charge in [-0.15, -0.1) is 0 Å². The number of aryl methyl sites for hydroxylation is 1. The molecule has 0 radical (unpaired) electrons. The van der Waals surface area contributed by atoms with Gasteiger partial charge in [0.15, 0.2) is 0 Å². The predicted molar refractivity (Wildman–Crippen MR) is 97.1 cm³/mol. The van der Waals surface area contributed by atoms with Crippen molar-refractivity contribution >= 4 is 5.91 Å². The van der Waals surface area contributed by atoms with E-state index in [1.54, 1.807) is 19.3 Å². The molecule has 0 aromatic carbocycles. The molecule has 2 aliphatic heterocycles. The van der Waals surface area contributed by atoms with E-state index in [4.69, 9.17) is 14.0 Å². The molecule has 0 N–H and O–H groups in total. The molecule has 2 atom stereocenters. The monoisotopic (exact) mass is 371 g/mol. The van der Waals surface area contributed by atoms with Crippen molar-refractivity contribution in [3.05, 3.63) is 47.6 Å². The molecule has 1 amide bonds. The smallest absolute Gasteiger partial charge is 0.259 e. The summed E-state index contributed by atoms with van der Waals surface area (Å²) in [6.07, 6.45) is 7.93. The molecule has 0 spiro atoms. The number of carbonyl (C=O) groups is 1. The largest absolute Gasteiger partial charge is 0.377 e. The summed E-state index contributed by atoms with van der Waals surface area (Å²) >= 11 is 0. The molecule has 2 fully saturated rings. The standard InChI is InChI=1S/C20H25N3O4/c1-15-17(12-27-22-15)19(24)23-9-5-18-20(13-23,6-2-10-26-18)14-25-11-16-3-7-21-8-4-16/h3-4,7-8,12,18H,2,5-6,9-11,13-14H2,1H3/t18-,20-/m0/s1. The van der Waals surface area contributed by atoms with Crippen molar-refractivity contribution < 1.29 is 18.8 Å². The summed E-state index contributed by atoms with van der Waals surface area (Å²) in [6, 6.07) is 3.91. The molecule has 2 aromatic heterocycles. The second-order valence-corrected chi connectivity index (χ2v) is 7.50. The molecule has 0 unspecified atom stereocenters. The van der Waals surface area contributed by atoms with Gasteiger partial charge in [-0.05, 0) is 43.9 Å². The Hall–Kier alpha value is -2.25. The van der Waals surface area contributed by atoms with E-state index in [0.29, 0.717) is 37.6 Å². The van der Waals surface area contributed by atoms with Gasteiger partial charge in [-0.1, -0.05) is 5.16 Å². The molecule has 2 aliphatic rings. The lowest BCUT2D eigenvalue weighted by molar-refractivity contribution is -0.148. The van der Waals surface area contributed by atoms with Crippen molar-refractivity contribution in [3.8, 4) is 0 Å². The summed E-state index contributed by atoms with van der Waals surface area (Å²) in [4.78, 5) is 18.9. The summed E-state index contributed by atoms with van der Waals surface area (Å²) in [5, 5.41) is 3.84. The summed E-state index contributed by atoms with van der Waals surface area (Å²) in [7, 11) is 0. The zero-order valence-corrected chi connectivity index (χ0v) is 15.6. The lowest BCUT2D eigenvalue weighted by Gasteiger charge is -2.50. The van der Waals surface area contributed by atoms with Crippen LogP contribution in [0, 0.1) is 12.3 Å². The molecule has 2 saturated heterocycles. The molecule has 0 aliphatic carbocycles. The average molecular weight is 371 g/mol. The first kappa shape index (κ1) is 18.1. The highest BCUT2D eigenvalue weighted by Gasteiger charge is 2.47.